The molecule has 3 heteroatoms. The molecule has 2 aromatic carbocycles. The molecule has 3 nitrogen and oxygen atoms in total. The molecule has 0 atom stereocenters. The quantitative estimate of drug-likeness (QED) is 0.571. The van der Waals surface area contributed by atoms with Crippen molar-refractivity contribution < 1.29 is 0 Å². The van der Waals surface area contributed by atoms with Gasteiger partial charge in [-0.2, -0.15) is 0 Å². The highest BCUT2D eigenvalue weighted by molar-refractivity contribution is 6.08. The molecule has 0 N–H and O–H groups in total. The lowest BCUT2D eigenvalue weighted by Crippen LogP contribution is -2.45. The molecule has 2 saturated heterocycles. The van der Waals surface area contributed by atoms with E-state index in [4.69, 9.17) is 0 Å². The Morgan fingerprint density at radius 2 is 1.52 bits per heavy atom. The number of piperidine rings is 1. The number of rotatable bonds is 4. The predicted molar refractivity (Wildman–Crippen MR) is 123 cm³/mol. The van der Waals surface area contributed by atoms with Gasteiger partial charge in [0.15, 0.2) is 0 Å². The molecule has 0 spiro atoms. The Bertz CT molecular complexity index is 957. The smallest absolute Gasteiger partial charge is 0.0491 e. The standard InChI is InChI=1S/C26H35N3/c1-2-29-25-10-6-5-9-23(25)24-19-21(11-12-26(24)29)20-27-17-13-22(14-18-27)28-15-7-3-4-8-16-28/h5-6,9-12,19,22H,2-4,7-8,13-18,20H2,1H3. The van der Waals surface area contributed by atoms with Gasteiger partial charge in [-0.25, -0.2) is 0 Å². The Hall–Kier alpha value is -1.84. The Kier molecular flexibility index (Phi) is 5.61. The Labute approximate surface area is 175 Å². The van der Waals surface area contributed by atoms with Crippen molar-refractivity contribution in [2.75, 3.05) is 26.2 Å². The highest BCUT2D eigenvalue weighted by Crippen LogP contribution is 2.30. The molecule has 0 aliphatic carbocycles. The second kappa shape index (κ2) is 8.49. The SMILES string of the molecule is CCn1c2ccccc2c2cc(CN3CCC(N4CCCCCC4)CC3)ccc21. The summed E-state index contributed by atoms with van der Waals surface area (Å²) < 4.78 is 2.45. The van der Waals surface area contributed by atoms with E-state index in [0.29, 0.717) is 0 Å². The van der Waals surface area contributed by atoms with Crippen LogP contribution in [0.4, 0.5) is 0 Å². The fourth-order valence-corrected chi connectivity index (χ4v) is 5.70. The molecule has 3 heterocycles. The highest BCUT2D eigenvalue weighted by atomic mass is 15.2. The highest BCUT2D eigenvalue weighted by Gasteiger charge is 2.25. The van der Waals surface area contributed by atoms with Crippen LogP contribution in [0.1, 0.15) is 51.0 Å². The lowest BCUT2D eigenvalue weighted by molar-refractivity contribution is 0.107. The molecule has 0 saturated carbocycles. The van der Waals surface area contributed by atoms with Crippen LogP contribution in [0, 0.1) is 0 Å². The van der Waals surface area contributed by atoms with Crippen LogP contribution in [0.3, 0.4) is 0 Å². The van der Waals surface area contributed by atoms with E-state index >= 15 is 0 Å². The zero-order valence-electron chi connectivity index (χ0n) is 17.9. The Balaban J connectivity index is 1.29. The van der Waals surface area contributed by atoms with E-state index in [1.807, 2.05) is 0 Å². The van der Waals surface area contributed by atoms with Crippen LogP contribution in [-0.4, -0.2) is 46.6 Å². The average molecular weight is 390 g/mol. The first kappa shape index (κ1) is 19.1. The summed E-state index contributed by atoms with van der Waals surface area (Å²) in [6.07, 6.45) is 8.38. The summed E-state index contributed by atoms with van der Waals surface area (Å²) in [6.45, 7) is 9.52. The van der Waals surface area contributed by atoms with Crippen LogP contribution in [0.15, 0.2) is 42.5 Å². The van der Waals surface area contributed by atoms with Crippen LogP contribution in [-0.2, 0) is 13.1 Å². The third-order valence-electron chi connectivity index (χ3n) is 7.27. The maximum atomic E-state index is 2.80. The van der Waals surface area contributed by atoms with E-state index in [9.17, 15) is 0 Å². The number of para-hydroxylation sites is 1. The lowest BCUT2D eigenvalue weighted by atomic mass is 10.0. The molecule has 154 valence electrons. The summed E-state index contributed by atoms with van der Waals surface area (Å²) in [5.41, 5.74) is 4.20. The van der Waals surface area contributed by atoms with Gasteiger partial charge < -0.3 is 9.47 Å². The van der Waals surface area contributed by atoms with E-state index in [1.54, 1.807) is 0 Å². The summed E-state index contributed by atoms with van der Waals surface area (Å²) >= 11 is 0. The van der Waals surface area contributed by atoms with Crippen molar-refractivity contribution >= 4 is 21.8 Å². The average Bonchev–Trinajstić information content (AvgIpc) is 2.90. The van der Waals surface area contributed by atoms with Gasteiger partial charge in [0.05, 0.1) is 0 Å². The van der Waals surface area contributed by atoms with E-state index in [2.05, 4.69) is 63.8 Å². The topological polar surface area (TPSA) is 11.4 Å². The molecule has 2 fully saturated rings. The number of hydrogen-bond donors (Lipinski definition) is 0. The van der Waals surface area contributed by atoms with Crippen molar-refractivity contribution in [3.05, 3.63) is 48.0 Å². The minimum atomic E-state index is 0.828. The van der Waals surface area contributed by atoms with Crippen molar-refractivity contribution in [1.29, 1.82) is 0 Å². The summed E-state index contributed by atoms with van der Waals surface area (Å²) in [4.78, 5) is 5.48. The van der Waals surface area contributed by atoms with Crippen LogP contribution in [0.25, 0.3) is 21.8 Å². The molecule has 29 heavy (non-hydrogen) atoms. The fourth-order valence-electron chi connectivity index (χ4n) is 5.70. The number of benzene rings is 2. The first-order valence-corrected chi connectivity index (χ1v) is 11.8. The van der Waals surface area contributed by atoms with Gasteiger partial charge in [0.25, 0.3) is 0 Å². The lowest BCUT2D eigenvalue weighted by Gasteiger charge is -2.38. The van der Waals surface area contributed by atoms with Crippen molar-refractivity contribution in [3.8, 4) is 0 Å². The minimum Gasteiger partial charge on any atom is -0.341 e. The number of aromatic nitrogens is 1. The number of fused-ring (bicyclic) bond motifs is 3. The first-order valence-electron chi connectivity index (χ1n) is 11.8. The minimum absolute atomic E-state index is 0.828. The largest absolute Gasteiger partial charge is 0.341 e. The molecule has 0 bridgehead atoms. The molecular weight excluding hydrogens is 354 g/mol. The van der Waals surface area contributed by atoms with Crippen molar-refractivity contribution in [2.45, 2.75) is 64.6 Å². The van der Waals surface area contributed by atoms with Gasteiger partial charge in [-0.3, -0.25) is 4.90 Å². The molecule has 3 aromatic rings. The normalized spacial score (nSPS) is 20.4. The van der Waals surface area contributed by atoms with Gasteiger partial charge in [0, 0.05) is 40.9 Å². The van der Waals surface area contributed by atoms with Crippen molar-refractivity contribution in [1.82, 2.24) is 14.4 Å². The summed E-state index contributed by atoms with van der Waals surface area (Å²) in [5, 5.41) is 2.81. The van der Waals surface area contributed by atoms with Crippen LogP contribution < -0.4 is 0 Å². The van der Waals surface area contributed by atoms with Gasteiger partial charge >= 0.3 is 0 Å². The fraction of sp³-hybridized carbons (Fsp3) is 0.538. The zero-order valence-corrected chi connectivity index (χ0v) is 17.9. The van der Waals surface area contributed by atoms with Gasteiger partial charge in [-0.15, -0.1) is 0 Å². The van der Waals surface area contributed by atoms with E-state index in [0.717, 1.165) is 19.1 Å². The second-order valence-corrected chi connectivity index (χ2v) is 9.07. The van der Waals surface area contributed by atoms with Gasteiger partial charge in [0.1, 0.15) is 0 Å². The Morgan fingerprint density at radius 1 is 0.793 bits per heavy atom. The number of nitrogens with zero attached hydrogens (tertiary/aromatic N) is 3. The maximum Gasteiger partial charge on any atom is 0.0491 e. The second-order valence-electron chi connectivity index (χ2n) is 9.07. The summed E-state index contributed by atoms with van der Waals surface area (Å²) in [6, 6.07) is 16.8. The summed E-state index contributed by atoms with van der Waals surface area (Å²) in [5.74, 6) is 0. The number of aryl methyl sites for hydroxylation is 1. The molecular formula is C26H35N3. The molecule has 0 amide bonds. The molecule has 0 radical (unpaired) electrons. The van der Waals surface area contributed by atoms with E-state index in [1.165, 1.54) is 92.1 Å². The van der Waals surface area contributed by atoms with Gasteiger partial charge in [0.2, 0.25) is 0 Å². The van der Waals surface area contributed by atoms with Crippen LogP contribution >= 0.6 is 0 Å². The predicted octanol–water partition coefficient (Wildman–Crippen LogP) is 5.65. The van der Waals surface area contributed by atoms with Gasteiger partial charge in [-0.1, -0.05) is 37.1 Å². The van der Waals surface area contributed by atoms with E-state index < -0.39 is 0 Å². The molecule has 1 aromatic heterocycles. The first-order chi connectivity index (χ1) is 14.3. The maximum absolute atomic E-state index is 2.80. The number of hydrogen-bond acceptors (Lipinski definition) is 2. The van der Waals surface area contributed by atoms with Crippen molar-refractivity contribution in [2.24, 2.45) is 0 Å². The van der Waals surface area contributed by atoms with E-state index in [-0.39, 0.29) is 0 Å². The molecule has 5 rings (SSSR count). The summed E-state index contributed by atoms with van der Waals surface area (Å²) in [7, 11) is 0. The Morgan fingerprint density at radius 3 is 2.28 bits per heavy atom. The molecule has 2 aliphatic rings. The molecule has 2 aliphatic heterocycles. The number of likely N-dealkylation sites (tertiary alicyclic amines) is 2. The van der Waals surface area contributed by atoms with Crippen molar-refractivity contribution in [3.63, 3.8) is 0 Å². The third kappa shape index (κ3) is 3.83. The van der Waals surface area contributed by atoms with Gasteiger partial charge in [-0.05, 0) is 82.5 Å². The van der Waals surface area contributed by atoms with Crippen LogP contribution in [0.5, 0.6) is 0 Å². The zero-order chi connectivity index (χ0) is 19.6. The third-order valence-corrected chi connectivity index (χ3v) is 7.27. The van der Waals surface area contributed by atoms with Crippen LogP contribution in [0.2, 0.25) is 0 Å². The molecule has 0 unspecified atom stereocenters. The monoisotopic (exact) mass is 389 g/mol.